The first-order chi connectivity index (χ1) is 13.6. The molecule has 144 valence electrons. The highest BCUT2D eigenvalue weighted by Crippen LogP contribution is 2.41. The SMILES string of the molecule is Cc1cc(-c2ccc3c(c2)CCCN3Cc2ccc(C3(O)CCC3)cc2)n[nH]1. The fourth-order valence-electron chi connectivity index (χ4n) is 4.51. The van der Waals surface area contributed by atoms with E-state index in [1.807, 2.05) is 6.92 Å². The predicted molar refractivity (Wildman–Crippen MR) is 112 cm³/mol. The monoisotopic (exact) mass is 373 g/mol. The highest BCUT2D eigenvalue weighted by molar-refractivity contribution is 5.67. The number of hydrogen-bond acceptors (Lipinski definition) is 3. The lowest BCUT2D eigenvalue weighted by atomic mass is 9.75. The van der Waals surface area contributed by atoms with Crippen LogP contribution in [0, 0.1) is 6.92 Å². The predicted octanol–water partition coefficient (Wildman–Crippen LogP) is 4.71. The number of nitrogens with zero attached hydrogens (tertiary/aromatic N) is 2. The van der Waals surface area contributed by atoms with Gasteiger partial charge in [0.2, 0.25) is 0 Å². The van der Waals surface area contributed by atoms with Crippen LogP contribution in [-0.4, -0.2) is 21.8 Å². The van der Waals surface area contributed by atoms with E-state index in [4.69, 9.17) is 0 Å². The molecule has 0 spiro atoms. The Morgan fingerprint density at radius 1 is 1.07 bits per heavy atom. The normalized spacial score (nSPS) is 17.9. The van der Waals surface area contributed by atoms with Crippen molar-refractivity contribution in [1.82, 2.24) is 10.2 Å². The number of hydrogen-bond donors (Lipinski definition) is 2. The van der Waals surface area contributed by atoms with Crippen molar-refractivity contribution in [1.29, 1.82) is 0 Å². The zero-order valence-corrected chi connectivity index (χ0v) is 16.4. The van der Waals surface area contributed by atoms with Crippen LogP contribution in [0.15, 0.2) is 48.5 Å². The van der Waals surface area contributed by atoms with Crippen LogP contribution in [-0.2, 0) is 18.6 Å². The van der Waals surface area contributed by atoms with Crippen molar-refractivity contribution >= 4 is 5.69 Å². The first-order valence-electron chi connectivity index (χ1n) is 10.3. The first kappa shape index (κ1) is 17.5. The highest BCUT2D eigenvalue weighted by atomic mass is 16.3. The second-order valence-corrected chi connectivity index (χ2v) is 8.39. The molecule has 0 atom stereocenters. The molecule has 0 radical (unpaired) electrons. The van der Waals surface area contributed by atoms with Gasteiger partial charge in [-0.15, -0.1) is 0 Å². The summed E-state index contributed by atoms with van der Waals surface area (Å²) in [5.74, 6) is 0. The number of rotatable bonds is 4. The number of aromatic amines is 1. The Hall–Kier alpha value is -2.59. The van der Waals surface area contributed by atoms with Gasteiger partial charge in [0.15, 0.2) is 0 Å². The number of anilines is 1. The molecule has 0 saturated heterocycles. The fraction of sp³-hybridized carbons (Fsp3) is 0.375. The standard InChI is InChI=1S/C24H27N3O/c1-17-14-22(26-25-17)19-7-10-23-20(15-19)4-2-13-27(23)16-18-5-8-21(9-6-18)24(28)11-3-12-24/h5-10,14-15,28H,2-4,11-13,16H2,1H3,(H,25,26). The van der Waals surface area contributed by atoms with E-state index in [2.05, 4.69) is 63.6 Å². The van der Waals surface area contributed by atoms with Gasteiger partial charge in [0.25, 0.3) is 0 Å². The summed E-state index contributed by atoms with van der Waals surface area (Å²) in [6, 6.07) is 17.4. The quantitative estimate of drug-likeness (QED) is 0.696. The van der Waals surface area contributed by atoms with E-state index in [0.717, 1.165) is 55.7 Å². The summed E-state index contributed by atoms with van der Waals surface area (Å²) in [7, 11) is 0. The molecule has 3 aromatic rings. The minimum atomic E-state index is -0.572. The molecule has 2 N–H and O–H groups in total. The molecule has 1 saturated carbocycles. The van der Waals surface area contributed by atoms with Crippen LogP contribution in [0.1, 0.15) is 48.1 Å². The summed E-state index contributed by atoms with van der Waals surface area (Å²) in [6.45, 7) is 4.03. The van der Waals surface area contributed by atoms with Crippen LogP contribution in [0.5, 0.6) is 0 Å². The first-order valence-corrected chi connectivity index (χ1v) is 10.3. The molecule has 4 heteroatoms. The Labute approximate surface area is 166 Å². The Balaban J connectivity index is 1.36. The van der Waals surface area contributed by atoms with Crippen LogP contribution >= 0.6 is 0 Å². The van der Waals surface area contributed by atoms with E-state index < -0.39 is 5.60 Å². The lowest BCUT2D eigenvalue weighted by Gasteiger charge is -2.37. The Morgan fingerprint density at radius 2 is 1.89 bits per heavy atom. The second kappa shape index (κ2) is 6.78. The van der Waals surface area contributed by atoms with Crippen molar-refractivity contribution < 1.29 is 5.11 Å². The topological polar surface area (TPSA) is 52.1 Å². The van der Waals surface area contributed by atoms with E-state index in [1.165, 1.54) is 28.8 Å². The molecule has 1 aliphatic heterocycles. The summed E-state index contributed by atoms with van der Waals surface area (Å²) in [5.41, 5.74) is 7.83. The Bertz CT molecular complexity index is 985. The molecule has 1 fully saturated rings. The molecule has 1 aliphatic carbocycles. The smallest absolute Gasteiger partial charge is 0.0923 e. The van der Waals surface area contributed by atoms with Gasteiger partial charge in [-0.25, -0.2) is 0 Å². The molecule has 2 heterocycles. The van der Waals surface area contributed by atoms with Crippen LogP contribution in [0.4, 0.5) is 5.69 Å². The average Bonchev–Trinajstić information content (AvgIpc) is 3.13. The molecular formula is C24H27N3O. The van der Waals surface area contributed by atoms with Crippen molar-refractivity contribution in [2.45, 2.75) is 51.2 Å². The van der Waals surface area contributed by atoms with Crippen molar-refractivity contribution in [3.63, 3.8) is 0 Å². The maximum Gasteiger partial charge on any atom is 0.0923 e. The molecular weight excluding hydrogens is 346 g/mol. The molecule has 0 bridgehead atoms. The van der Waals surface area contributed by atoms with Gasteiger partial charge in [-0.3, -0.25) is 5.10 Å². The average molecular weight is 374 g/mol. The van der Waals surface area contributed by atoms with Crippen LogP contribution in [0.25, 0.3) is 11.3 Å². The summed E-state index contributed by atoms with van der Waals surface area (Å²) < 4.78 is 0. The Kier molecular flexibility index (Phi) is 4.24. The van der Waals surface area contributed by atoms with Gasteiger partial charge in [-0.2, -0.15) is 5.10 Å². The minimum absolute atomic E-state index is 0.572. The van der Waals surface area contributed by atoms with Gasteiger partial charge in [0.1, 0.15) is 0 Å². The summed E-state index contributed by atoms with van der Waals surface area (Å²) in [4.78, 5) is 2.48. The fourth-order valence-corrected chi connectivity index (χ4v) is 4.51. The lowest BCUT2D eigenvalue weighted by molar-refractivity contribution is -0.0388. The third-order valence-corrected chi connectivity index (χ3v) is 6.34. The van der Waals surface area contributed by atoms with Crippen molar-refractivity contribution in [2.75, 3.05) is 11.4 Å². The highest BCUT2D eigenvalue weighted by Gasteiger charge is 2.35. The summed E-state index contributed by atoms with van der Waals surface area (Å²) in [6.07, 6.45) is 5.21. The maximum absolute atomic E-state index is 10.5. The molecule has 2 aliphatic rings. The van der Waals surface area contributed by atoms with Gasteiger partial charge >= 0.3 is 0 Å². The lowest BCUT2D eigenvalue weighted by Crippen LogP contribution is -2.33. The van der Waals surface area contributed by atoms with E-state index in [-0.39, 0.29) is 0 Å². The number of benzene rings is 2. The third kappa shape index (κ3) is 3.12. The van der Waals surface area contributed by atoms with E-state index >= 15 is 0 Å². The molecule has 1 aromatic heterocycles. The molecule has 0 amide bonds. The van der Waals surface area contributed by atoms with E-state index in [1.54, 1.807) is 0 Å². The zero-order chi connectivity index (χ0) is 19.1. The summed E-state index contributed by atoms with van der Waals surface area (Å²) in [5, 5.41) is 18.0. The van der Waals surface area contributed by atoms with Crippen molar-refractivity contribution in [3.05, 3.63) is 70.9 Å². The number of nitrogens with one attached hydrogen (secondary N) is 1. The third-order valence-electron chi connectivity index (χ3n) is 6.34. The largest absolute Gasteiger partial charge is 0.385 e. The molecule has 0 unspecified atom stereocenters. The van der Waals surface area contributed by atoms with Gasteiger partial charge in [0, 0.05) is 30.0 Å². The number of fused-ring (bicyclic) bond motifs is 1. The Morgan fingerprint density at radius 3 is 2.57 bits per heavy atom. The van der Waals surface area contributed by atoms with Crippen LogP contribution in [0.2, 0.25) is 0 Å². The van der Waals surface area contributed by atoms with E-state index in [0.29, 0.717) is 0 Å². The number of aryl methyl sites for hydroxylation is 2. The van der Waals surface area contributed by atoms with Crippen molar-refractivity contribution in [2.24, 2.45) is 0 Å². The molecule has 28 heavy (non-hydrogen) atoms. The van der Waals surface area contributed by atoms with Gasteiger partial charge < -0.3 is 10.0 Å². The molecule has 2 aromatic carbocycles. The van der Waals surface area contributed by atoms with Gasteiger partial charge in [-0.05, 0) is 73.9 Å². The molecule has 5 rings (SSSR count). The minimum Gasteiger partial charge on any atom is -0.385 e. The number of H-pyrrole nitrogens is 1. The van der Waals surface area contributed by atoms with Crippen LogP contribution in [0.3, 0.4) is 0 Å². The van der Waals surface area contributed by atoms with Crippen LogP contribution < -0.4 is 4.90 Å². The number of aromatic nitrogens is 2. The van der Waals surface area contributed by atoms with Crippen molar-refractivity contribution in [3.8, 4) is 11.3 Å². The summed E-state index contributed by atoms with van der Waals surface area (Å²) >= 11 is 0. The zero-order valence-electron chi connectivity index (χ0n) is 16.4. The van der Waals surface area contributed by atoms with Gasteiger partial charge in [0.05, 0.1) is 11.3 Å². The van der Waals surface area contributed by atoms with Gasteiger partial charge in [-0.1, -0.05) is 30.3 Å². The maximum atomic E-state index is 10.5. The second-order valence-electron chi connectivity index (χ2n) is 8.39. The van der Waals surface area contributed by atoms with E-state index in [9.17, 15) is 5.11 Å². The number of aliphatic hydroxyl groups is 1. The molecule has 4 nitrogen and oxygen atoms in total.